The summed E-state index contributed by atoms with van der Waals surface area (Å²) in [6, 6.07) is 14.5. The second-order valence-corrected chi connectivity index (χ2v) is 6.45. The standard InChI is InChI=1S/C19H22O3/c1-19(2,3)15-5-4-6-18(12-15)22-13-17(21)11-14-7-9-16(20)10-8-14/h4-10,12,20H,11,13H2,1-3H3. The number of hydrogen-bond acceptors (Lipinski definition) is 3. The Labute approximate surface area is 131 Å². The summed E-state index contributed by atoms with van der Waals surface area (Å²) < 4.78 is 5.60. The van der Waals surface area contributed by atoms with Crippen LogP contribution in [0.25, 0.3) is 0 Å². The van der Waals surface area contributed by atoms with Crippen molar-refractivity contribution in [2.45, 2.75) is 32.6 Å². The molecule has 0 unspecified atom stereocenters. The molecular weight excluding hydrogens is 276 g/mol. The van der Waals surface area contributed by atoms with Gasteiger partial charge in [0.2, 0.25) is 0 Å². The molecular formula is C19H22O3. The second kappa shape index (κ2) is 6.65. The molecule has 22 heavy (non-hydrogen) atoms. The van der Waals surface area contributed by atoms with Crippen molar-refractivity contribution in [1.82, 2.24) is 0 Å². The minimum Gasteiger partial charge on any atom is -0.508 e. The van der Waals surface area contributed by atoms with Crippen molar-refractivity contribution < 1.29 is 14.6 Å². The molecule has 3 heteroatoms. The van der Waals surface area contributed by atoms with Gasteiger partial charge >= 0.3 is 0 Å². The number of phenols is 1. The summed E-state index contributed by atoms with van der Waals surface area (Å²) in [5.41, 5.74) is 2.10. The molecule has 3 nitrogen and oxygen atoms in total. The van der Waals surface area contributed by atoms with Crippen LogP contribution in [0.1, 0.15) is 31.9 Å². The van der Waals surface area contributed by atoms with Crippen molar-refractivity contribution in [3.05, 3.63) is 59.7 Å². The molecule has 0 saturated heterocycles. The smallest absolute Gasteiger partial charge is 0.174 e. The highest BCUT2D eigenvalue weighted by Gasteiger charge is 2.14. The first-order chi connectivity index (χ1) is 10.3. The van der Waals surface area contributed by atoms with E-state index >= 15 is 0 Å². The molecule has 0 radical (unpaired) electrons. The number of hydrogen-bond donors (Lipinski definition) is 1. The van der Waals surface area contributed by atoms with Crippen LogP contribution in [0.5, 0.6) is 11.5 Å². The zero-order valence-corrected chi connectivity index (χ0v) is 13.3. The van der Waals surface area contributed by atoms with Gasteiger partial charge in [0, 0.05) is 6.42 Å². The third kappa shape index (κ3) is 4.62. The Bertz CT molecular complexity index is 636. The van der Waals surface area contributed by atoms with Crippen LogP contribution < -0.4 is 4.74 Å². The number of carbonyl (C=O) groups excluding carboxylic acids is 1. The number of ether oxygens (including phenoxy) is 1. The fourth-order valence-corrected chi connectivity index (χ4v) is 2.11. The minimum atomic E-state index is 0.00634. The van der Waals surface area contributed by atoms with Crippen LogP contribution in [-0.2, 0) is 16.6 Å². The zero-order chi connectivity index (χ0) is 16.2. The summed E-state index contributed by atoms with van der Waals surface area (Å²) in [6.07, 6.45) is 0.305. The van der Waals surface area contributed by atoms with Gasteiger partial charge in [0.25, 0.3) is 0 Å². The van der Waals surface area contributed by atoms with Crippen molar-refractivity contribution in [2.24, 2.45) is 0 Å². The van der Waals surface area contributed by atoms with Gasteiger partial charge in [-0.05, 0) is 40.8 Å². The number of aromatic hydroxyl groups is 1. The Morgan fingerprint density at radius 1 is 1.09 bits per heavy atom. The highest BCUT2D eigenvalue weighted by atomic mass is 16.5. The Kier molecular flexibility index (Phi) is 4.86. The van der Waals surface area contributed by atoms with Gasteiger partial charge in [0.15, 0.2) is 5.78 Å². The number of phenolic OH excluding ortho intramolecular Hbond substituents is 1. The Hall–Kier alpha value is -2.29. The molecule has 0 fully saturated rings. The minimum absolute atomic E-state index is 0.00634. The van der Waals surface area contributed by atoms with Crippen LogP contribution in [0.15, 0.2) is 48.5 Å². The maximum atomic E-state index is 12.0. The van der Waals surface area contributed by atoms with E-state index < -0.39 is 0 Å². The number of Topliss-reactive ketones (excluding diaryl/α,β-unsaturated/α-hetero) is 1. The lowest BCUT2D eigenvalue weighted by Crippen LogP contribution is -2.15. The molecule has 0 saturated carbocycles. The summed E-state index contributed by atoms with van der Waals surface area (Å²) in [5.74, 6) is 0.921. The van der Waals surface area contributed by atoms with Gasteiger partial charge in [-0.1, -0.05) is 45.0 Å². The topological polar surface area (TPSA) is 46.5 Å². The maximum Gasteiger partial charge on any atom is 0.174 e. The molecule has 0 atom stereocenters. The van der Waals surface area contributed by atoms with Crippen LogP contribution >= 0.6 is 0 Å². The van der Waals surface area contributed by atoms with Crippen molar-refractivity contribution in [3.63, 3.8) is 0 Å². The van der Waals surface area contributed by atoms with E-state index in [1.165, 1.54) is 5.56 Å². The Balaban J connectivity index is 1.92. The van der Waals surface area contributed by atoms with Gasteiger partial charge in [0.1, 0.15) is 18.1 Å². The van der Waals surface area contributed by atoms with Gasteiger partial charge in [0.05, 0.1) is 0 Å². The van der Waals surface area contributed by atoms with Crippen molar-refractivity contribution in [1.29, 1.82) is 0 Å². The molecule has 1 N–H and O–H groups in total. The molecule has 0 bridgehead atoms. The SMILES string of the molecule is CC(C)(C)c1cccc(OCC(=O)Cc2ccc(O)cc2)c1. The summed E-state index contributed by atoms with van der Waals surface area (Å²) in [5, 5.41) is 9.22. The van der Waals surface area contributed by atoms with Crippen LogP contribution in [-0.4, -0.2) is 17.5 Å². The van der Waals surface area contributed by atoms with Gasteiger partial charge < -0.3 is 9.84 Å². The lowest BCUT2D eigenvalue weighted by atomic mass is 9.87. The summed E-state index contributed by atoms with van der Waals surface area (Å²) in [7, 11) is 0. The van der Waals surface area contributed by atoms with Gasteiger partial charge in [-0.3, -0.25) is 4.79 Å². The monoisotopic (exact) mass is 298 g/mol. The number of ketones is 1. The molecule has 0 aliphatic heterocycles. The Morgan fingerprint density at radius 3 is 2.41 bits per heavy atom. The van der Waals surface area contributed by atoms with Gasteiger partial charge in [-0.15, -0.1) is 0 Å². The van der Waals surface area contributed by atoms with E-state index in [-0.39, 0.29) is 23.6 Å². The van der Waals surface area contributed by atoms with E-state index in [1.54, 1.807) is 24.3 Å². The van der Waals surface area contributed by atoms with Crippen molar-refractivity contribution in [3.8, 4) is 11.5 Å². The fourth-order valence-electron chi connectivity index (χ4n) is 2.11. The molecule has 116 valence electrons. The Morgan fingerprint density at radius 2 is 1.77 bits per heavy atom. The molecule has 0 amide bonds. The third-order valence-corrected chi connectivity index (χ3v) is 3.44. The fraction of sp³-hybridized carbons (Fsp3) is 0.316. The van der Waals surface area contributed by atoms with Crippen molar-refractivity contribution >= 4 is 5.78 Å². The van der Waals surface area contributed by atoms with Gasteiger partial charge in [-0.25, -0.2) is 0 Å². The molecule has 2 aromatic rings. The molecule has 0 spiro atoms. The number of carbonyl (C=O) groups is 1. The summed E-state index contributed by atoms with van der Waals surface area (Å²) in [4.78, 5) is 12.0. The van der Waals surface area contributed by atoms with E-state index in [2.05, 4.69) is 26.8 Å². The van der Waals surface area contributed by atoms with E-state index in [9.17, 15) is 9.90 Å². The predicted molar refractivity (Wildman–Crippen MR) is 87.5 cm³/mol. The highest BCUT2D eigenvalue weighted by molar-refractivity contribution is 5.82. The lowest BCUT2D eigenvalue weighted by Gasteiger charge is -2.19. The van der Waals surface area contributed by atoms with Crippen LogP contribution in [0.3, 0.4) is 0 Å². The van der Waals surface area contributed by atoms with E-state index in [0.717, 1.165) is 5.56 Å². The van der Waals surface area contributed by atoms with Crippen LogP contribution in [0.4, 0.5) is 0 Å². The number of benzene rings is 2. The van der Waals surface area contributed by atoms with E-state index in [1.807, 2.05) is 18.2 Å². The summed E-state index contributed by atoms with van der Waals surface area (Å²) >= 11 is 0. The van der Waals surface area contributed by atoms with E-state index in [4.69, 9.17) is 4.74 Å². The van der Waals surface area contributed by atoms with Gasteiger partial charge in [-0.2, -0.15) is 0 Å². The molecule has 2 aromatic carbocycles. The lowest BCUT2D eigenvalue weighted by molar-refractivity contribution is -0.120. The average Bonchev–Trinajstić information content (AvgIpc) is 2.47. The van der Waals surface area contributed by atoms with Crippen molar-refractivity contribution in [2.75, 3.05) is 6.61 Å². The molecule has 0 aromatic heterocycles. The second-order valence-electron chi connectivity index (χ2n) is 6.45. The first-order valence-corrected chi connectivity index (χ1v) is 7.37. The maximum absolute atomic E-state index is 12.0. The highest BCUT2D eigenvalue weighted by Crippen LogP contribution is 2.25. The molecule has 0 heterocycles. The van der Waals surface area contributed by atoms with E-state index in [0.29, 0.717) is 12.2 Å². The van der Waals surface area contributed by atoms with Crippen LogP contribution in [0, 0.1) is 0 Å². The first-order valence-electron chi connectivity index (χ1n) is 7.37. The zero-order valence-electron chi connectivity index (χ0n) is 13.3. The number of rotatable bonds is 5. The first kappa shape index (κ1) is 16.1. The summed E-state index contributed by atoms with van der Waals surface area (Å²) in [6.45, 7) is 6.47. The largest absolute Gasteiger partial charge is 0.508 e. The third-order valence-electron chi connectivity index (χ3n) is 3.44. The average molecular weight is 298 g/mol. The normalized spacial score (nSPS) is 11.2. The van der Waals surface area contributed by atoms with Crippen LogP contribution in [0.2, 0.25) is 0 Å². The molecule has 0 aliphatic carbocycles. The quantitative estimate of drug-likeness (QED) is 0.911. The molecule has 2 rings (SSSR count). The molecule has 0 aliphatic rings. The predicted octanol–water partition coefficient (Wildman–Crippen LogP) is 3.88.